The predicted octanol–water partition coefficient (Wildman–Crippen LogP) is 5.15. The van der Waals surface area contributed by atoms with Crippen molar-refractivity contribution in [1.82, 2.24) is 10.3 Å². The summed E-state index contributed by atoms with van der Waals surface area (Å²) in [5.41, 5.74) is 5.09. The molecular formula is C29H31N3O3. The molecule has 0 saturated heterocycles. The SMILES string of the molecule is CCC(=O)c1ccc(OCC(=O)NCC(c2ccc(N(C)C)cc2)c2c[nH]c3ccccc23)cc1. The molecule has 0 aliphatic rings. The van der Waals surface area contributed by atoms with Crippen LogP contribution in [0.15, 0.2) is 79.0 Å². The molecule has 1 heterocycles. The first-order chi connectivity index (χ1) is 17.0. The lowest BCUT2D eigenvalue weighted by Gasteiger charge is -2.20. The number of benzene rings is 3. The van der Waals surface area contributed by atoms with E-state index in [1.54, 1.807) is 24.3 Å². The number of rotatable bonds is 10. The number of amides is 1. The second kappa shape index (κ2) is 10.9. The number of nitrogens with one attached hydrogen (secondary N) is 2. The molecule has 0 spiro atoms. The highest BCUT2D eigenvalue weighted by Gasteiger charge is 2.19. The number of H-pyrrole nitrogens is 1. The van der Waals surface area contributed by atoms with Crippen LogP contribution >= 0.6 is 0 Å². The van der Waals surface area contributed by atoms with Crippen LogP contribution in [-0.4, -0.2) is 43.9 Å². The fourth-order valence-corrected chi connectivity index (χ4v) is 4.15. The zero-order valence-electron chi connectivity index (χ0n) is 20.4. The topological polar surface area (TPSA) is 74.4 Å². The number of aromatic amines is 1. The number of Topliss-reactive ketones (excluding diaryl/α,β-unsaturated/α-hetero) is 1. The minimum absolute atomic E-state index is 0.0225. The van der Waals surface area contributed by atoms with Gasteiger partial charge >= 0.3 is 0 Å². The third kappa shape index (κ3) is 5.72. The summed E-state index contributed by atoms with van der Waals surface area (Å²) in [6.45, 7) is 2.17. The predicted molar refractivity (Wildman–Crippen MR) is 140 cm³/mol. The maximum Gasteiger partial charge on any atom is 0.257 e. The number of hydrogen-bond donors (Lipinski definition) is 2. The standard InChI is InChI=1S/C29H31N3O3/c1-4-28(33)21-11-15-23(16-12-21)35-19-29(34)31-17-25(20-9-13-22(14-10-20)32(2)3)26-18-30-27-8-6-5-7-24(26)27/h5-16,18,25,30H,4,17,19H2,1-3H3,(H,31,34). The molecule has 35 heavy (non-hydrogen) atoms. The number of carbonyl (C=O) groups is 2. The molecule has 4 rings (SSSR count). The van der Waals surface area contributed by atoms with Gasteiger partial charge in [0.1, 0.15) is 5.75 Å². The zero-order chi connectivity index (χ0) is 24.8. The van der Waals surface area contributed by atoms with E-state index in [-0.39, 0.29) is 24.2 Å². The van der Waals surface area contributed by atoms with Crippen LogP contribution in [0.3, 0.4) is 0 Å². The smallest absolute Gasteiger partial charge is 0.257 e. The maximum absolute atomic E-state index is 12.6. The Morgan fingerprint density at radius 3 is 2.37 bits per heavy atom. The summed E-state index contributed by atoms with van der Waals surface area (Å²) in [6, 6.07) is 23.5. The van der Waals surface area contributed by atoms with Gasteiger partial charge in [0.15, 0.2) is 12.4 Å². The Labute approximate surface area is 205 Å². The normalized spacial score (nSPS) is 11.7. The Morgan fingerprint density at radius 2 is 1.69 bits per heavy atom. The van der Waals surface area contributed by atoms with Gasteiger partial charge in [0, 0.05) is 61.3 Å². The Hall–Kier alpha value is -4.06. The summed E-state index contributed by atoms with van der Waals surface area (Å²) in [4.78, 5) is 29.8. The van der Waals surface area contributed by atoms with Gasteiger partial charge in [-0.3, -0.25) is 9.59 Å². The molecule has 0 bridgehead atoms. The molecule has 1 amide bonds. The number of aromatic nitrogens is 1. The maximum atomic E-state index is 12.6. The van der Waals surface area contributed by atoms with Crippen molar-refractivity contribution in [2.45, 2.75) is 19.3 Å². The highest BCUT2D eigenvalue weighted by Crippen LogP contribution is 2.31. The van der Waals surface area contributed by atoms with Crippen molar-refractivity contribution >= 4 is 28.3 Å². The van der Waals surface area contributed by atoms with Gasteiger partial charge in [-0.15, -0.1) is 0 Å². The van der Waals surface area contributed by atoms with Crippen LogP contribution in [0.2, 0.25) is 0 Å². The number of ether oxygens (including phenoxy) is 1. The summed E-state index contributed by atoms with van der Waals surface area (Å²) < 4.78 is 5.64. The van der Waals surface area contributed by atoms with Gasteiger partial charge in [-0.1, -0.05) is 37.3 Å². The molecule has 1 aromatic heterocycles. The summed E-state index contributed by atoms with van der Waals surface area (Å²) in [6.07, 6.45) is 2.48. The number of nitrogens with zero attached hydrogens (tertiary/aromatic N) is 1. The first-order valence-corrected chi connectivity index (χ1v) is 11.8. The number of carbonyl (C=O) groups excluding carboxylic acids is 2. The van der Waals surface area contributed by atoms with Gasteiger partial charge in [-0.05, 0) is 53.6 Å². The summed E-state index contributed by atoms with van der Waals surface area (Å²) >= 11 is 0. The van der Waals surface area contributed by atoms with Crippen molar-refractivity contribution in [3.8, 4) is 5.75 Å². The molecule has 180 valence electrons. The third-order valence-electron chi connectivity index (χ3n) is 6.18. The van der Waals surface area contributed by atoms with Crippen LogP contribution in [0.4, 0.5) is 5.69 Å². The third-order valence-corrected chi connectivity index (χ3v) is 6.18. The van der Waals surface area contributed by atoms with Gasteiger partial charge in [0.05, 0.1) is 0 Å². The highest BCUT2D eigenvalue weighted by atomic mass is 16.5. The van der Waals surface area contributed by atoms with E-state index in [1.165, 1.54) is 0 Å². The zero-order valence-corrected chi connectivity index (χ0v) is 20.4. The molecule has 4 aromatic rings. The molecule has 0 aliphatic heterocycles. The molecular weight excluding hydrogens is 438 g/mol. The molecule has 0 saturated carbocycles. The van der Waals surface area contributed by atoms with Gasteiger partial charge in [-0.25, -0.2) is 0 Å². The minimum Gasteiger partial charge on any atom is -0.484 e. The molecule has 0 radical (unpaired) electrons. The first-order valence-electron chi connectivity index (χ1n) is 11.8. The second-order valence-corrected chi connectivity index (χ2v) is 8.72. The van der Waals surface area contributed by atoms with E-state index in [2.05, 4.69) is 51.6 Å². The summed E-state index contributed by atoms with van der Waals surface area (Å²) in [5.74, 6) is 0.413. The number of fused-ring (bicyclic) bond motifs is 1. The lowest BCUT2D eigenvalue weighted by atomic mass is 9.90. The molecule has 3 aromatic carbocycles. The van der Waals surface area contributed by atoms with Crippen LogP contribution in [0.1, 0.15) is 40.7 Å². The van der Waals surface area contributed by atoms with Gasteiger partial charge in [-0.2, -0.15) is 0 Å². The van der Waals surface area contributed by atoms with Gasteiger partial charge < -0.3 is 19.9 Å². The van der Waals surface area contributed by atoms with E-state index in [0.29, 0.717) is 24.3 Å². The van der Waals surface area contributed by atoms with Crippen LogP contribution in [0.5, 0.6) is 5.75 Å². The number of hydrogen-bond acceptors (Lipinski definition) is 4. The largest absolute Gasteiger partial charge is 0.484 e. The lowest BCUT2D eigenvalue weighted by molar-refractivity contribution is -0.123. The Kier molecular flexibility index (Phi) is 7.51. The lowest BCUT2D eigenvalue weighted by Crippen LogP contribution is -2.32. The Bertz CT molecular complexity index is 1290. The van der Waals surface area contributed by atoms with Crippen molar-refractivity contribution in [3.63, 3.8) is 0 Å². The van der Waals surface area contributed by atoms with Crippen LogP contribution in [-0.2, 0) is 4.79 Å². The summed E-state index contributed by atoms with van der Waals surface area (Å²) in [7, 11) is 4.03. The van der Waals surface area contributed by atoms with E-state index in [1.807, 2.05) is 39.3 Å². The van der Waals surface area contributed by atoms with Gasteiger partial charge in [0.25, 0.3) is 5.91 Å². The molecule has 0 fully saturated rings. The van der Waals surface area contributed by atoms with Crippen LogP contribution in [0.25, 0.3) is 10.9 Å². The molecule has 1 atom stereocenters. The number of ketones is 1. The molecule has 0 aliphatic carbocycles. The number of anilines is 1. The fourth-order valence-electron chi connectivity index (χ4n) is 4.15. The average molecular weight is 470 g/mol. The van der Waals surface area contributed by atoms with E-state index >= 15 is 0 Å². The van der Waals surface area contributed by atoms with Crippen molar-refractivity contribution in [2.75, 3.05) is 32.1 Å². The van der Waals surface area contributed by atoms with Crippen LogP contribution < -0.4 is 15.0 Å². The fraction of sp³-hybridized carbons (Fsp3) is 0.241. The van der Waals surface area contributed by atoms with Crippen molar-refractivity contribution in [3.05, 3.63) is 95.7 Å². The molecule has 6 heteroatoms. The van der Waals surface area contributed by atoms with Crippen molar-refractivity contribution in [1.29, 1.82) is 0 Å². The van der Waals surface area contributed by atoms with Gasteiger partial charge in [0.2, 0.25) is 0 Å². The van der Waals surface area contributed by atoms with E-state index in [9.17, 15) is 9.59 Å². The molecule has 2 N–H and O–H groups in total. The second-order valence-electron chi connectivity index (χ2n) is 8.72. The van der Waals surface area contributed by atoms with Crippen LogP contribution in [0, 0.1) is 0 Å². The average Bonchev–Trinajstić information content (AvgIpc) is 3.31. The molecule has 1 unspecified atom stereocenters. The van der Waals surface area contributed by atoms with Crippen molar-refractivity contribution < 1.29 is 14.3 Å². The quantitative estimate of drug-likeness (QED) is 0.315. The summed E-state index contributed by atoms with van der Waals surface area (Å²) in [5, 5.41) is 4.18. The Morgan fingerprint density at radius 1 is 0.971 bits per heavy atom. The first kappa shape index (κ1) is 24.1. The van der Waals surface area contributed by atoms with E-state index in [0.717, 1.165) is 27.7 Å². The minimum atomic E-state index is -0.200. The molecule has 6 nitrogen and oxygen atoms in total. The monoisotopic (exact) mass is 469 g/mol. The highest BCUT2D eigenvalue weighted by molar-refractivity contribution is 5.95. The van der Waals surface area contributed by atoms with E-state index in [4.69, 9.17) is 4.74 Å². The van der Waals surface area contributed by atoms with Crippen molar-refractivity contribution in [2.24, 2.45) is 0 Å². The number of para-hydroxylation sites is 1. The van der Waals surface area contributed by atoms with E-state index < -0.39 is 0 Å². The Balaban J connectivity index is 1.46.